The first kappa shape index (κ1) is 19.5. The van der Waals surface area contributed by atoms with Crippen molar-refractivity contribution < 1.29 is 9.84 Å². The highest BCUT2D eigenvalue weighted by atomic mass is 79.9. The molecule has 150 valence electrons. The van der Waals surface area contributed by atoms with E-state index in [0.717, 1.165) is 40.8 Å². The lowest BCUT2D eigenvalue weighted by atomic mass is 9.96. The summed E-state index contributed by atoms with van der Waals surface area (Å²) in [4.78, 5) is 4.36. The highest BCUT2D eigenvalue weighted by Gasteiger charge is 2.34. The third-order valence-electron chi connectivity index (χ3n) is 4.97. The van der Waals surface area contributed by atoms with Crippen LogP contribution in [0.25, 0.3) is 0 Å². The number of hydrogen-bond donors (Lipinski definition) is 3. The molecule has 1 fully saturated rings. The van der Waals surface area contributed by atoms with E-state index in [-0.39, 0.29) is 5.41 Å². The van der Waals surface area contributed by atoms with E-state index < -0.39 is 6.10 Å². The Morgan fingerprint density at radius 2 is 2.14 bits per heavy atom. The number of ether oxygens (including phenoxy) is 1. The van der Waals surface area contributed by atoms with Gasteiger partial charge in [-0.3, -0.25) is 10.0 Å². The second-order valence-corrected chi connectivity index (χ2v) is 9.56. The van der Waals surface area contributed by atoms with Gasteiger partial charge >= 0.3 is 0 Å². The molecule has 3 aliphatic rings. The molecule has 2 aliphatic heterocycles. The van der Waals surface area contributed by atoms with E-state index in [4.69, 9.17) is 4.74 Å². The minimum atomic E-state index is -0.497. The molecule has 1 atom stereocenters. The zero-order valence-electron chi connectivity index (χ0n) is 16.5. The lowest BCUT2D eigenvalue weighted by Crippen LogP contribution is -2.41. The first-order valence-electron chi connectivity index (χ1n) is 9.70. The SMILES string of the molecule is CC(C)(C)CN1NNc2c1ccc(OC1=C(C(O)C3CC3)C=CC=NC1)c2Br. The number of fused-ring (bicyclic) bond motifs is 1. The van der Waals surface area contributed by atoms with Crippen LogP contribution in [0.5, 0.6) is 5.75 Å². The number of aliphatic hydroxyl groups is 1. The average Bonchev–Trinajstić information content (AvgIpc) is 3.43. The number of hydrogen-bond acceptors (Lipinski definition) is 6. The van der Waals surface area contributed by atoms with Crippen LogP contribution >= 0.6 is 15.9 Å². The zero-order chi connectivity index (χ0) is 19.9. The minimum absolute atomic E-state index is 0.154. The largest absolute Gasteiger partial charge is 0.458 e. The zero-order valence-corrected chi connectivity index (χ0v) is 18.1. The Balaban J connectivity index is 1.61. The Bertz CT molecular complexity index is 853. The van der Waals surface area contributed by atoms with Gasteiger partial charge in [0.1, 0.15) is 11.5 Å². The van der Waals surface area contributed by atoms with E-state index >= 15 is 0 Å². The van der Waals surface area contributed by atoms with Gasteiger partial charge < -0.3 is 15.3 Å². The van der Waals surface area contributed by atoms with Crippen LogP contribution in [0.2, 0.25) is 0 Å². The van der Waals surface area contributed by atoms with E-state index in [1.54, 1.807) is 6.21 Å². The molecule has 1 aromatic carbocycles. The molecule has 3 N–H and O–H groups in total. The van der Waals surface area contributed by atoms with Crippen molar-refractivity contribution in [2.75, 3.05) is 23.5 Å². The molecule has 2 heterocycles. The number of nitrogens with one attached hydrogen (secondary N) is 2. The molecule has 0 amide bonds. The number of allylic oxidation sites excluding steroid dienone is 1. The molecular formula is C21H27BrN4O2. The van der Waals surface area contributed by atoms with Gasteiger partial charge in [0.15, 0.2) is 0 Å². The molecule has 1 unspecified atom stereocenters. The van der Waals surface area contributed by atoms with Gasteiger partial charge in [-0.25, -0.2) is 0 Å². The second kappa shape index (κ2) is 7.54. The van der Waals surface area contributed by atoms with Gasteiger partial charge in [-0.15, -0.1) is 5.53 Å². The molecule has 0 saturated heterocycles. The van der Waals surface area contributed by atoms with E-state index in [9.17, 15) is 5.11 Å². The van der Waals surface area contributed by atoms with Crippen LogP contribution in [0.1, 0.15) is 33.6 Å². The summed E-state index contributed by atoms with van der Waals surface area (Å²) in [6.45, 7) is 7.90. The van der Waals surface area contributed by atoms with Crippen LogP contribution in [-0.2, 0) is 0 Å². The number of aliphatic hydroxyl groups excluding tert-OH is 1. The average molecular weight is 447 g/mol. The van der Waals surface area contributed by atoms with Crippen molar-refractivity contribution in [3.05, 3.63) is 40.1 Å². The predicted molar refractivity (Wildman–Crippen MR) is 117 cm³/mol. The van der Waals surface area contributed by atoms with Crippen LogP contribution in [-0.4, -0.2) is 30.5 Å². The van der Waals surface area contributed by atoms with Gasteiger partial charge in [-0.1, -0.05) is 26.8 Å². The normalized spacial score (nSPS) is 20.1. The maximum absolute atomic E-state index is 10.7. The molecule has 7 heteroatoms. The van der Waals surface area contributed by atoms with Crippen molar-refractivity contribution in [3.63, 3.8) is 0 Å². The quantitative estimate of drug-likeness (QED) is 0.632. The maximum Gasteiger partial charge on any atom is 0.143 e. The maximum atomic E-state index is 10.7. The molecule has 6 nitrogen and oxygen atoms in total. The molecule has 1 aliphatic carbocycles. The summed E-state index contributed by atoms with van der Waals surface area (Å²) >= 11 is 3.69. The number of halogens is 1. The Labute approximate surface area is 174 Å². The van der Waals surface area contributed by atoms with Gasteiger partial charge in [0.2, 0.25) is 0 Å². The summed E-state index contributed by atoms with van der Waals surface area (Å²) in [6.07, 6.45) is 7.17. The van der Waals surface area contributed by atoms with Gasteiger partial charge in [-0.2, -0.15) is 0 Å². The van der Waals surface area contributed by atoms with Gasteiger partial charge in [0, 0.05) is 18.3 Å². The van der Waals surface area contributed by atoms with Crippen LogP contribution in [0.3, 0.4) is 0 Å². The van der Waals surface area contributed by atoms with E-state index in [0.29, 0.717) is 24.0 Å². The molecule has 28 heavy (non-hydrogen) atoms. The van der Waals surface area contributed by atoms with Crippen LogP contribution < -0.4 is 20.7 Å². The molecule has 1 aromatic rings. The number of benzene rings is 1. The summed E-state index contributed by atoms with van der Waals surface area (Å²) in [5.74, 6) is 1.73. The topological polar surface area (TPSA) is 69.1 Å². The Kier molecular flexibility index (Phi) is 5.24. The summed E-state index contributed by atoms with van der Waals surface area (Å²) in [6, 6.07) is 4.00. The van der Waals surface area contributed by atoms with Crippen molar-refractivity contribution in [1.82, 2.24) is 5.53 Å². The van der Waals surface area contributed by atoms with Crippen LogP contribution in [0.15, 0.2) is 45.1 Å². The van der Waals surface area contributed by atoms with Crippen LogP contribution in [0.4, 0.5) is 11.4 Å². The number of nitrogens with zero attached hydrogens (tertiary/aromatic N) is 2. The Morgan fingerprint density at radius 1 is 1.36 bits per heavy atom. The van der Waals surface area contributed by atoms with E-state index in [1.165, 1.54) is 0 Å². The highest BCUT2D eigenvalue weighted by molar-refractivity contribution is 9.10. The van der Waals surface area contributed by atoms with Crippen molar-refractivity contribution in [1.29, 1.82) is 0 Å². The lowest BCUT2D eigenvalue weighted by molar-refractivity contribution is 0.185. The molecule has 0 bridgehead atoms. The third-order valence-corrected chi connectivity index (χ3v) is 5.76. The van der Waals surface area contributed by atoms with E-state index in [1.807, 2.05) is 24.3 Å². The first-order valence-corrected chi connectivity index (χ1v) is 10.5. The minimum Gasteiger partial charge on any atom is -0.458 e. The number of hydrazine groups is 2. The van der Waals surface area contributed by atoms with Crippen molar-refractivity contribution >= 4 is 33.5 Å². The summed E-state index contributed by atoms with van der Waals surface area (Å²) < 4.78 is 7.11. The Hall–Kier alpha value is -1.83. The standard InChI is InChI=1S/C21H27BrN4O2/c1-21(2,3)12-26-15-8-9-16(18(22)19(15)24-25-26)28-17-11-23-10-4-5-14(17)20(27)13-6-7-13/h4-5,8-10,13,20,24-25,27H,6-7,11-12H2,1-3H3. The molecule has 4 rings (SSSR count). The number of anilines is 2. The molecular weight excluding hydrogens is 420 g/mol. The van der Waals surface area contributed by atoms with Gasteiger partial charge in [0.05, 0.1) is 28.5 Å². The van der Waals surface area contributed by atoms with E-state index in [2.05, 4.69) is 57.7 Å². The highest BCUT2D eigenvalue weighted by Crippen LogP contribution is 2.44. The smallest absolute Gasteiger partial charge is 0.143 e. The number of rotatable bonds is 5. The molecule has 0 aromatic heterocycles. The van der Waals surface area contributed by atoms with Crippen LogP contribution in [0, 0.1) is 11.3 Å². The van der Waals surface area contributed by atoms with Gasteiger partial charge in [0.25, 0.3) is 0 Å². The van der Waals surface area contributed by atoms with Gasteiger partial charge in [-0.05, 0) is 58.3 Å². The third kappa shape index (κ3) is 4.11. The summed E-state index contributed by atoms with van der Waals surface area (Å²) in [5.41, 5.74) is 9.45. The second-order valence-electron chi connectivity index (χ2n) is 8.77. The fourth-order valence-electron chi connectivity index (χ4n) is 3.43. The molecule has 1 saturated carbocycles. The fourth-order valence-corrected chi connectivity index (χ4v) is 3.95. The van der Waals surface area contributed by atoms with Crippen molar-refractivity contribution in [2.24, 2.45) is 16.3 Å². The Morgan fingerprint density at radius 3 is 2.86 bits per heavy atom. The van der Waals surface area contributed by atoms with Crippen molar-refractivity contribution in [2.45, 2.75) is 39.7 Å². The predicted octanol–water partition coefficient (Wildman–Crippen LogP) is 4.19. The van der Waals surface area contributed by atoms with Crippen molar-refractivity contribution in [3.8, 4) is 5.75 Å². The first-order chi connectivity index (χ1) is 13.3. The molecule has 0 spiro atoms. The lowest BCUT2D eigenvalue weighted by Gasteiger charge is -2.27. The monoisotopic (exact) mass is 446 g/mol. The number of aliphatic imine (C=N–C) groups is 1. The summed E-state index contributed by atoms with van der Waals surface area (Å²) in [5, 5.41) is 12.8. The summed E-state index contributed by atoms with van der Waals surface area (Å²) in [7, 11) is 0. The fraction of sp³-hybridized carbons (Fsp3) is 0.476. The molecule has 0 radical (unpaired) electrons.